The van der Waals surface area contributed by atoms with Gasteiger partial charge in [-0.25, -0.2) is 0 Å². The third-order valence-corrected chi connectivity index (χ3v) is 3.88. The van der Waals surface area contributed by atoms with E-state index >= 15 is 0 Å². The van der Waals surface area contributed by atoms with Crippen LogP contribution in [0.2, 0.25) is 0 Å². The zero-order valence-electron chi connectivity index (χ0n) is 15.2. The lowest BCUT2D eigenvalue weighted by Gasteiger charge is -2.15. The summed E-state index contributed by atoms with van der Waals surface area (Å²) in [5, 5.41) is 2.87. The van der Waals surface area contributed by atoms with Crippen molar-refractivity contribution in [2.24, 2.45) is 0 Å². The first kappa shape index (κ1) is 18.8. The molecule has 2 rings (SSSR count). The van der Waals surface area contributed by atoms with Crippen LogP contribution >= 0.6 is 0 Å². The van der Waals surface area contributed by atoms with Gasteiger partial charge in [-0.3, -0.25) is 4.79 Å². The Morgan fingerprint density at radius 3 is 2.52 bits per heavy atom. The van der Waals surface area contributed by atoms with Gasteiger partial charge in [0.25, 0.3) is 5.91 Å². The summed E-state index contributed by atoms with van der Waals surface area (Å²) < 4.78 is 11.4. The third kappa shape index (κ3) is 6.14. The lowest BCUT2D eigenvalue weighted by molar-refractivity contribution is -0.122. The van der Waals surface area contributed by atoms with Gasteiger partial charge in [-0.05, 0) is 61.7 Å². The van der Waals surface area contributed by atoms with E-state index in [4.69, 9.17) is 9.47 Å². The monoisotopic (exact) mass is 341 g/mol. The van der Waals surface area contributed by atoms with E-state index in [9.17, 15) is 4.79 Å². The molecule has 2 aromatic rings. The number of carbonyl (C=O) groups excluding carboxylic acids is 1. The van der Waals surface area contributed by atoms with Gasteiger partial charge in [-0.1, -0.05) is 32.4 Å². The number of carbonyl (C=O) groups is 1. The molecule has 0 aliphatic carbocycles. The number of unbranched alkanes of at least 4 members (excludes halogenated alkanes) is 1. The molecule has 25 heavy (non-hydrogen) atoms. The second kappa shape index (κ2) is 9.72. The quantitative estimate of drug-likeness (QED) is 0.664. The standard InChI is InChI=1S/C21H27NO3/c1-4-6-14-24-19-12-10-18(11-13-19)22-21(23)16(3)25-20-9-7-8-17(5-2)15-20/h7-13,15-16H,4-6,14H2,1-3H3,(H,22,23). The predicted octanol–water partition coefficient (Wildman–Crippen LogP) is 4.83. The van der Waals surface area contributed by atoms with Crippen molar-refractivity contribution in [3.05, 3.63) is 54.1 Å². The Balaban J connectivity index is 1.87. The first-order valence-electron chi connectivity index (χ1n) is 8.91. The summed E-state index contributed by atoms with van der Waals surface area (Å²) in [6, 6.07) is 15.2. The first-order chi connectivity index (χ1) is 12.1. The van der Waals surface area contributed by atoms with Crippen molar-refractivity contribution < 1.29 is 14.3 Å². The molecule has 0 heterocycles. The lowest BCUT2D eigenvalue weighted by Crippen LogP contribution is -2.30. The fourth-order valence-corrected chi connectivity index (χ4v) is 2.31. The summed E-state index contributed by atoms with van der Waals surface area (Å²) in [7, 11) is 0. The summed E-state index contributed by atoms with van der Waals surface area (Å²) in [5.41, 5.74) is 1.91. The molecule has 0 spiro atoms. The van der Waals surface area contributed by atoms with Crippen molar-refractivity contribution in [1.82, 2.24) is 0 Å². The van der Waals surface area contributed by atoms with Crippen LogP contribution < -0.4 is 14.8 Å². The molecule has 0 fully saturated rings. The number of hydrogen-bond donors (Lipinski definition) is 1. The van der Waals surface area contributed by atoms with E-state index in [1.165, 1.54) is 5.56 Å². The summed E-state index contributed by atoms with van der Waals surface area (Å²) >= 11 is 0. The normalized spacial score (nSPS) is 11.6. The molecule has 0 aliphatic heterocycles. The minimum absolute atomic E-state index is 0.179. The van der Waals surface area contributed by atoms with E-state index in [1.807, 2.05) is 48.5 Å². The number of hydrogen-bond acceptors (Lipinski definition) is 3. The molecule has 1 unspecified atom stereocenters. The number of benzene rings is 2. The van der Waals surface area contributed by atoms with E-state index in [-0.39, 0.29) is 5.91 Å². The fourth-order valence-electron chi connectivity index (χ4n) is 2.31. The predicted molar refractivity (Wildman–Crippen MR) is 101 cm³/mol. The molecule has 4 nitrogen and oxygen atoms in total. The van der Waals surface area contributed by atoms with E-state index < -0.39 is 6.10 Å². The maximum Gasteiger partial charge on any atom is 0.265 e. The summed E-state index contributed by atoms with van der Waals surface area (Å²) in [4.78, 5) is 12.3. The van der Waals surface area contributed by atoms with Crippen molar-refractivity contribution in [3.8, 4) is 11.5 Å². The van der Waals surface area contributed by atoms with Crippen LogP contribution in [0.5, 0.6) is 11.5 Å². The second-order valence-electron chi connectivity index (χ2n) is 5.98. The molecule has 0 aliphatic rings. The smallest absolute Gasteiger partial charge is 0.265 e. The van der Waals surface area contributed by atoms with Gasteiger partial charge in [0.1, 0.15) is 11.5 Å². The molecule has 1 amide bonds. The fraction of sp³-hybridized carbons (Fsp3) is 0.381. The molecule has 134 valence electrons. The van der Waals surface area contributed by atoms with Crippen molar-refractivity contribution >= 4 is 11.6 Å². The Bertz CT molecular complexity index is 667. The average molecular weight is 341 g/mol. The van der Waals surface area contributed by atoms with Gasteiger partial charge in [0, 0.05) is 5.69 Å². The highest BCUT2D eigenvalue weighted by Crippen LogP contribution is 2.18. The molecule has 0 saturated heterocycles. The number of nitrogens with one attached hydrogen (secondary N) is 1. The molecule has 0 bridgehead atoms. The molecule has 1 atom stereocenters. The van der Waals surface area contributed by atoms with Crippen molar-refractivity contribution in [3.63, 3.8) is 0 Å². The Hall–Kier alpha value is -2.49. The number of amides is 1. The highest BCUT2D eigenvalue weighted by molar-refractivity contribution is 5.94. The van der Waals surface area contributed by atoms with E-state index in [1.54, 1.807) is 6.92 Å². The molecule has 0 aromatic heterocycles. The maximum atomic E-state index is 12.3. The number of ether oxygens (including phenoxy) is 2. The molecule has 4 heteroatoms. The summed E-state index contributed by atoms with van der Waals surface area (Å²) in [6.45, 7) is 6.68. The van der Waals surface area contributed by atoms with Crippen LogP contribution in [0, 0.1) is 0 Å². The molecular weight excluding hydrogens is 314 g/mol. The second-order valence-corrected chi connectivity index (χ2v) is 5.98. The van der Waals surface area contributed by atoms with Crippen LogP contribution in [-0.2, 0) is 11.2 Å². The van der Waals surface area contributed by atoms with Gasteiger partial charge < -0.3 is 14.8 Å². The topological polar surface area (TPSA) is 47.6 Å². The van der Waals surface area contributed by atoms with Gasteiger partial charge in [0.2, 0.25) is 0 Å². The number of aryl methyl sites for hydroxylation is 1. The van der Waals surface area contributed by atoms with Crippen LogP contribution in [0.15, 0.2) is 48.5 Å². The van der Waals surface area contributed by atoms with Crippen LogP contribution in [0.25, 0.3) is 0 Å². The SMILES string of the molecule is CCCCOc1ccc(NC(=O)C(C)Oc2cccc(CC)c2)cc1. The molecular formula is C21H27NO3. The minimum Gasteiger partial charge on any atom is -0.494 e. The van der Waals surface area contributed by atoms with E-state index in [0.717, 1.165) is 30.7 Å². The van der Waals surface area contributed by atoms with Gasteiger partial charge in [-0.15, -0.1) is 0 Å². The van der Waals surface area contributed by atoms with Crippen LogP contribution in [0.3, 0.4) is 0 Å². The van der Waals surface area contributed by atoms with Crippen molar-refractivity contribution in [2.45, 2.75) is 46.1 Å². The number of anilines is 1. The largest absolute Gasteiger partial charge is 0.494 e. The molecule has 0 radical (unpaired) electrons. The Morgan fingerprint density at radius 2 is 1.84 bits per heavy atom. The van der Waals surface area contributed by atoms with Crippen LogP contribution in [0.4, 0.5) is 5.69 Å². The molecule has 0 saturated carbocycles. The Kier molecular flexibility index (Phi) is 7.33. The van der Waals surface area contributed by atoms with Crippen LogP contribution in [0.1, 0.15) is 39.2 Å². The highest BCUT2D eigenvalue weighted by atomic mass is 16.5. The van der Waals surface area contributed by atoms with Gasteiger partial charge >= 0.3 is 0 Å². The van der Waals surface area contributed by atoms with Crippen LogP contribution in [-0.4, -0.2) is 18.6 Å². The first-order valence-corrected chi connectivity index (χ1v) is 8.91. The zero-order valence-corrected chi connectivity index (χ0v) is 15.2. The maximum absolute atomic E-state index is 12.3. The third-order valence-electron chi connectivity index (χ3n) is 3.88. The van der Waals surface area contributed by atoms with E-state index in [2.05, 4.69) is 19.2 Å². The van der Waals surface area contributed by atoms with Gasteiger partial charge in [0.05, 0.1) is 6.61 Å². The molecule has 1 N–H and O–H groups in total. The highest BCUT2D eigenvalue weighted by Gasteiger charge is 2.15. The number of rotatable bonds is 9. The summed E-state index contributed by atoms with van der Waals surface area (Å²) in [6.07, 6.45) is 2.50. The van der Waals surface area contributed by atoms with Crippen molar-refractivity contribution in [2.75, 3.05) is 11.9 Å². The van der Waals surface area contributed by atoms with Gasteiger partial charge in [-0.2, -0.15) is 0 Å². The van der Waals surface area contributed by atoms with Gasteiger partial charge in [0.15, 0.2) is 6.10 Å². The Labute approximate surface area is 150 Å². The minimum atomic E-state index is -0.576. The lowest BCUT2D eigenvalue weighted by atomic mass is 10.2. The Morgan fingerprint density at radius 1 is 1.08 bits per heavy atom. The van der Waals surface area contributed by atoms with Crippen molar-refractivity contribution in [1.29, 1.82) is 0 Å². The van der Waals surface area contributed by atoms with E-state index in [0.29, 0.717) is 12.4 Å². The summed E-state index contributed by atoms with van der Waals surface area (Å²) in [5.74, 6) is 1.34. The average Bonchev–Trinajstić information content (AvgIpc) is 2.63. The molecule has 2 aromatic carbocycles. The zero-order chi connectivity index (χ0) is 18.1.